The number of aromatic nitrogens is 1. The van der Waals surface area contributed by atoms with E-state index >= 15 is 0 Å². The van der Waals surface area contributed by atoms with Gasteiger partial charge in [0.25, 0.3) is 5.91 Å². The van der Waals surface area contributed by atoms with Crippen molar-refractivity contribution in [2.24, 2.45) is 0 Å². The lowest BCUT2D eigenvalue weighted by atomic mass is 10.2. The van der Waals surface area contributed by atoms with E-state index < -0.39 is 0 Å². The van der Waals surface area contributed by atoms with Gasteiger partial charge in [-0.15, -0.1) is 0 Å². The summed E-state index contributed by atoms with van der Waals surface area (Å²) in [6.45, 7) is 4.66. The molecule has 0 N–H and O–H groups in total. The molecule has 0 aliphatic carbocycles. The van der Waals surface area contributed by atoms with E-state index in [1.165, 1.54) is 6.39 Å². The van der Waals surface area contributed by atoms with Crippen LogP contribution < -0.4 is 0 Å². The first kappa shape index (κ1) is 15.0. The van der Waals surface area contributed by atoms with Crippen LogP contribution in [0, 0.1) is 6.92 Å². The molecule has 1 aliphatic rings. The molecule has 0 bridgehead atoms. The van der Waals surface area contributed by atoms with Gasteiger partial charge in [-0.25, -0.2) is 4.98 Å². The highest BCUT2D eigenvalue weighted by molar-refractivity contribution is 5.93. The van der Waals surface area contributed by atoms with E-state index in [0.717, 1.165) is 26.0 Å². The van der Waals surface area contributed by atoms with Crippen LogP contribution in [0.2, 0.25) is 0 Å². The fraction of sp³-hybridized carbons (Fsp3) is 0.714. The molecule has 1 saturated heterocycles. The summed E-state index contributed by atoms with van der Waals surface area (Å²) >= 11 is 0. The van der Waals surface area contributed by atoms with Crippen LogP contribution >= 0.6 is 0 Å². The van der Waals surface area contributed by atoms with Gasteiger partial charge < -0.3 is 19.0 Å². The number of carbonyl (C=O) groups is 1. The van der Waals surface area contributed by atoms with Gasteiger partial charge >= 0.3 is 0 Å². The Bertz CT molecular complexity index is 439. The second kappa shape index (κ2) is 6.85. The van der Waals surface area contributed by atoms with Crippen LogP contribution in [0.5, 0.6) is 0 Å². The molecule has 1 fully saturated rings. The normalized spacial score (nSPS) is 18.7. The zero-order chi connectivity index (χ0) is 14.5. The van der Waals surface area contributed by atoms with Crippen molar-refractivity contribution >= 4 is 5.91 Å². The monoisotopic (exact) mass is 281 g/mol. The number of rotatable bonds is 6. The van der Waals surface area contributed by atoms with E-state index in [4.69, 9.17) is 9.15 Å². The molecule has 2 heterocycles. The maximum atomic E-state index is 12.6. The molecule has 20 heavy (non-hydrogen) atoms. The van der Waals surface area contributed by atoms with Gasteiger partial charge in [0.1, 0.15) is 5.76 Å². The minimum Gasteiger partial charge on any atom is -0.448 e. The van der Waals surface area contributed by atoms with Gasteiger partial charge in [0.2, 0.25) is 0 Å². The first-order chi connectivity index (χ1) is 9.58. The van der Waals surface area contributed by atoms with E-state index in [9.17, 15) is 4.79 Å². The van der Waals surface area contributed by atoms with Crippen molar-refractivity contribution in [2.75, 3.05) is 40.3 Å². The summed E-state index contributed by atoms with van der Waals surface area (Å²) in [5.74, 6) is 0.491. The van der Waals surface area contributed by atoms with Crippen molar-refractivity contribution in [2.45, 2.75) is 25.9 Å². The fourth-order valence-electron chi connectivity index (χ4n) is 2.29. The lowest BCUT2D eigenvalue weighted by Gasteiger charge is -2.26. The number of amides is 1. The van der Waals surface area contributed by atoms with Gasteiger partial charge in [-0.3, -0.25) is 4.79 Å². The highest BCUT2D eigenvalue weighted by Gasteiger charge is 2.25. The van der Waals surface area contributed by atoms with Crippen molar-refractivity contribution < 1.29 is 13.9 Å². The van der Waals surface area contributed by atoms with Gasteiger partial charge in [0.15, 0.2) is 12.1 Å². The van der Waals surface area contributed by atoms with E-state index in [2.05, 4.69) is 9.88 Å². The number of ether oxygens (including phenoxy) is 1. The third-order valence-corrected chi connectivity index (χ3v) is 3.50. The maximum Gasteiger partial charge on any atom is 0.276 e. The lowest BCUT2D eigenvalue weighted by Crippen LogP contribution is -2.41. The average molecular weight is 281 g/mol. The molecule has 1 atom stereocenters. The third kappa shape index (κ3) is 3.80. The molecule has 2 rings (SSSR count). The predicted octanol–water partition coefficient (Wildman–Crippen LogP) is 1.17. The zero-order valence-electron chi connectivity index (χ0n) is 12.5. The standard InChI is InChI=1S/C14H23N3O3/c1-11-13(15-10-20-11)14(18)17(7-6-16(2)3)9-12-5-4-8-19-12/h10,12H,4-9H2,1-3H3/t12-/m1/s1. The van der Waals surface area contributed by atoms with Crippen molar-refractivity contribution in [3.8, 4) is 0 Å². The molecular weight excluding hydrogens is 258 g/mol. The zero-order valence-corrected chi connectivity index (χ0v) is 12.5. The Balaban J connectivity index is 2.04. The molecule has 1 aliphatic heterocycles. The van der Waals surface area contributed by atoms with E-state index in [-0.39, 0.29) is 12.0 Å². The summed E-state index contributed by atoms with van der Waals surface area (Å²) in [5.41, 5.74) is 0.404. The lowest BCUT2D eigenvalue weighted by molar-refractivity contribution is 0.0507. The van der Waals surface area contributed by atoms with Crippen LogP contribution in [0.25, 0.3) is 0 Å². The van der Waals surface area contributed by atoms with E-state index in [1.807, 2.05) is 19.0 Å². The van der Waals surface area contributed by atoms with Crippen LogP contribution in [0.4, 0.5) is 0 Å². The summed E-state index contributed by atoms with van der Waals surface area (Å²) < 4.78 is 10.8. The summed E-state index contributed by atoms with van der Waals surface area (Å²) in [5, 5.41) is 0. The molecule has 112 valence electrons. The largest absolute Gasteiger partial charge is 0.448 e. The minimum absolute atomic E-state index is 0.0754. The van der Waals surface area contributed by atoms with E-state index in [1.54, 1.807) is 6.92 Å². The van der Waals surface area contributed by atoms with Crippen LogP contribution in [0.15, 0.2) is 10.8 Å². The highest BCUT2D eigenvalue weighted by Crippen LogP contribution is 2.16. The second-order valence-corrected chi connectivity index (χ2v) is 5.45. The Kier molecular flexibility index (Phi) is 5.14. The van der Waals surface area contributed by atoms with Crippen LogP contribution in [-0.4, -0.2) is 67.1 Å². The van der Waals surface area contributed by atoms with Crippen LogP contribution in [-0.2, 0) is 4.74 Å². The Labute approximate surface area is 119 Å². The molecular formula is C14H23N3O3. The van der Waals surface area contributed by atoms with Crippen molar-refractivity contribution in [1.29, 1.82) is 0 Å². The molecule has 0 spiro atoms. The summed E-state index contributed by atoms with van der Waals surface area (Å²) in [4.78, 5) is 20.5. The Morgan fingerprint density at radius 3 is 2.80 bits per heavy atom. The smallest absolute Gasteiger partial charge is 0.276 e. The van der Waals surface area contributed by atoms with Gasteiger partial charge in [0.05, 0.1) is 6.10 Å². The van der Waals surface area contributed by atoms with Crippen LogP contribution in [0.3, 0.4) is 0 Å². The molecule has 0 unspecified atom stereocenters. The maximum absolute atomic E-state index is 12.6. The molecule has 6 heteroatoms. The Morgan fingerprint density at radius 2 is 2.25 bits per heavy atom. The van der Waals surface area contributed by atoms with Crippen molar-refractivity contribution in [3.63, 3.8) is 0 Å². The first-order valence-corrected chi connectivity index (χ1v) is 7.03. The average Bonchev–Trinajstić information content (AvgIpc) is 3.04. The van der Waals surface area contributed by atoms with Gasteiger partial charge in [-0.2, -0.15) is 0 Å². The summed E-state index contributed by atoms with van der Waals surface area (Å²) in [6, 6.07) is 0. The number of nitrogens with zero attached hydrogens (tertiary/aromatic N) is 3. The molecule has 1 amide bonds. The fourth-order valence-corrected chi connectivity index (χ4v) is 2.29. The Hall–Kier alpha value is -1.40. The minimum atomic E-state index is -0.0754. The molecule has 0 aromatic carbocycles. The summed E-state index contributed by atoms with van der Waals surface area (Å²) in [6.07, 6.45) is 3.55. The number of likely N-dealkylation sites (N-methyl/N-ethyl adjacent to an activating group) is 1. The predicted molar refractivity (Wildman–Crippen MR) is 74.7 cm³/mol. The molecule has 1 aromatic rings. The Morgan fingerprint density at radius 1 is 1.45 bits per heavy atom. The molecule has 6 nitrogen and oxygen atoms in total. The molecule has 1 aromatic heterocycles. The van der Waals surface area contributed by atoms with Gasteiger partial charge in [-0.1, -0.05) is 0 Å². The molecule has 0 saturated carbocycles. The first-order valence-electron chi connectivity index (χ1n) is 7.03. The van der Waals surface area contributed by atoms with Crippen molar-refractivity contribution in [3.05, 3.63) is 17.8 Å². The third-order valence-electron chi connectivity index (χ3n) is 3.50. The molecule has 0 radical (unpaired) electrons. The SMILES string of the molecule is Cc1ocnc1C(=O)N(CCN(C)C)C[C@H]1CCCO1. The van der Waals surface area contributed by atoms with Crippen LogP contribution in [0.1, 0.15) is 29.1 Å². The second-order valence-electron chi connectivity index (χ2n) is 5.45. The highest BCUT2D eigenvalue weighted by atomic mass is 16.5. The van der Waals surface area contributed by atoms with E-state index in [0.29, 0.717) is 24.5 Å². The number of hydrogen-bond donors (Lipinski definition) is 0. The topological polar surface area (TPSA) is 58.8 Å². The quantitative estimate of drug-likeness (QED) is 0.783. The number of oxazole rings is 1. The number of hydrogen-bond acceptors (Lipinski definition) is 5. The summed E-state index contributed by atoms with van der Waals surface area (Å²) in [7, 11) is 3.99. The number of aryl methyl sites for hydroxylation is 1. The van der Waals surface area contributed by atoms with Gasteiger partial charge in [0, 0.05) is 26.2 Å². The van der Waals surface area contributed by atoms with Crippen molar-refractivity contribution in [1.82, 2.24) is 14.8 Å². The number of carbonyl (C=O) groups excluding carboxylic acids is 1. The van der Waals surface area contributed by atoms with Gasteiger partial charge in [-0.05, 0) is 33.9 Å².